The van der Waals surface area contributed by atoms with Gasteiger partial charge in [0.15, 0.2) is 0 Å². The van der Waals surface area contributed by atoms with Crippen molar-refractivity contribution in [1.29, 1.82) is 0 Å². The molecule has 2 nitrogen and oxygen atoms in total. The molecule has 0 bridgehead atoms. The van der Waals surface area contributed by atoms with Crippen LogP contribution in [0.15, 0.2) is 30.3 Å². The number of aliphatic hydroxyl groups excluding tert-OH is 1. The lowest BCUT2D eigenvalue weighted by molar-refractivity contribution is 0.0225. The van der Waals surface area contributed by atoms with E-state index in [9.17, 15) is 5.11 Å². The molecule has 0 aromatic heterocycles. The zero-order valence-electron chi connectivity index (χ0n) is 6.82. The van der Waals surface area contributed by atoms with Crippen LogP contribution in [0.4, 0.5) is 0 Å². The van der Waals surface area contributed by atoms with Crippen LogP contribution in [0.1, 0.15) is 12.5 Å². The fraction of sp³-hybridized carbons (Fsp3) is 0.200. The first-order valence-corrected chi connectivity index (χ1v) is 3.90. The van der Waals surface area contributed by atoms with Crippen LogP contribution in [0.25, 0.3) is 5.57 Å². The van der Waals surface area contributed by atoms with Crippen LogP contribution in [0, 0.1) is 0 Å². The summed E-state index contributed by atoms with van der Waals surface area (Å²) < 4.78 is 5.18. The number of ether oxygens (including phenoxy) is 1. The van der Waals surface area contributed by atoms with Gasteiger partial charge in [-0.05, 0) is 24.6 Å². The minimum atomic E-state index is -0.792. The second-order valence-electron chi connectivity index (χ2n) is 2.85. The lowest BCUT2D eigenvalue weighted by Gasteiger charge is -2.19. The highest BCUT2D eigenvalue weighted by Gasteiger charge is 2.14. The lowest BCUT2D eigenvalue weighted by Crippen LogP contribution is -2.16. The number of hydrogen-bond donors (Lipinski definition) is 1. The smallest absolute Gasteiger partial charge is 0.217 e. The molecule has 1 aromatic rings. The molecule has 1 atom stereocenters. The Balaban J connectivity index is 2.53. The molecule has 1 unspecified atom stereocenters. The maximum absolute atomic E-state index is 9.23. The van der Waals surface area contributed by atoms with Gasteiger partial charge in [0.05, 0.1) is 0 Å². The number of rotatable bonds is 0. The van der Waals surface area contributed by atoms with Gasteiger partial charge in [-0.25, -0.2) is 0 Å². The molecule has 0 aliphatic carbocycles. The molecule has 0 radical (unpaired) electrons. The molecule has 0 saturated heterocycles. The SMILES string of the molecule is CC1=CC(O)Oc2ccccc21. The minimum absolute atomic E-state index is 0.755. The molecule has 0 saturated carbocycles. The molecule has 1 aromatic carbocycles. The summed E-state index contributed by atoms with van der Waals surface area (Å²) in [6, 6.07) is 7.68. The van der Waals surface area contributed by atoms with E-state index in [0.717, 1.165) is 16.9 Å². The normalized spacial score (nSPS) is 20.8. The molecule has 1 aliphatic rings. The standard InChI is InChI=1S/C10H10O2/c1-7-6-10(11)12-9-5-3-2-4-8(7)9/h2-6,10-11H,1H3. The van der Waals surface area contributed by atoms with Crippen molar-refractivity contribution in [2.24, 2.45) is 0 Å². The third-order valence-electron chi connectivity index (χ3n) is 1.95. The molecule has 62 valence electrons. The lowest BCUT2D eigenvalue weighted by atomic mass is 10.0. The van der Waals surface area contributed by atoms with Gasteiger partial charge in [0.25, 0.3) is 0 Å². The van der Waals surface area contributed by atoms with E-state index in [-0.39, 0.29) is 0 Å². The third kappa shape index (κ3) is 1.10. The molecular formula is C10H10O2. The third-order valence-corrected chi connectivity index (χ3v) is 1.95. The van der Waals surface area contributed by atoms with Crippen molar-refractivity contribution < 1.29 is 9.84 Å². The molecular weight excluding hydrogens is 152 g/mol. The van der Waals surface area contributed by atoms with Gasteiger partial charge in [-0.1, -0.05) is 18.2 Å². The van der Waals surface area contributed by atoms with E-state index in [1.807, 2.05) is 31.2 Å². The number of hydrogen-bond acceptors (Lipinski definition) is 2. The Morgan fingerprint density at radius 2 is 2.08 bits per heavy atom. The molecule has 0 amide bonds. The van der Waals surface area contributed by atoms with Crippen molar-refractivity contribution in [2.45, 2.75) is 13.2 Å². The molecule has 2 heteroatoms. The second kappa shape index (κ2) is 2.64. The Kier molecular flexibility index (Phi) is 1.62. The molecule has 0 fully saturated rings. The van der Waals surface area contributed by atoms with Crippen LogP contribution >= 0.6 is 0 Å². The Morgan fingerprint density at radius 1 is 1.33 bits per heavy atom. The first kappa shape index (κ1) is 7.37. The van der Waals surface area contributed by atoms with E-state index in [1.165, 1.54) is 0 Å². The first-order chi connectivity index (χ1) is 5.77. The summed E-state index contributed by atoms with van der Waals surface area (Å²) >= 11 is 0. The highest BCUT2D eigenvalue weighted by Crippen LogP contribution is 2.30. The van der Waals surface area contributed by atoms with Gasteiger partial charge in [-0.2, -0.15) is 0 Å². The second-order valence-corrected chi connectivity index (χ2v) is 2.85. The van der Waals surface area contributed by atoms with Gasteiger partial charge >= 0.3 is 0 Å². The highest BCUT2D eigenvalue weighted by molar-refractivity contribution is 5.70. The largest absolute Gasteiger partial charge is 0.461 e. The molecule has 2 rings (SSSR count). The quantitative estimate of drug-likeness (QED) is 0.630. The highest BCUT2D eigenvalue weighted by atomic mass is 16.6. The van der Waals surface area contributed by atoms with Crippen molar-refractivity contribution in [3.8, 4) is 5.75 Å². The summed E-state index contributed by atoms with van der Waals surface area (Å²) in [6.45, 7) is 1.96. The Bertz CT molecular complexity index is 328. The predicted octanol–water partition coefficient (Wildman–Crippen LogP) is 1.80. The summed E-state index contributed by atoms with van der Waals surface area (Å²) in [5.41, 5.74) is 2.12. The zero-order valence-corrected chi connectivity index (χ0v) is 6.82. The number of benzene rings is 1. The monoisotopic (exact) mass is 162 g/mol. The minimum Gasteiger partial charge on any atom is -0.461 e. The van der Waals surface area contributed by atoms with Gasteiger partial charge in [0.1, 0.15) is 5.75 Å². The molecule has 1 aliphatic heterocycles. The van der Waals surface area contributed by atoms with Crippen LogP contribution in [0.3, 0.4) is 0 Å². The van der Waals surface area contributed by atoms with Crippen molar-refractivity contribution in [2.75, 3.05) is 0 Å². The van der Waals surface area contributed by atoms with Crippen molar-refractivity contribution in [3.63, 3.8) is 0 Å². The first-order valence-electron chi connectivity index (χ1n) is 3.90. The summed E-state index contributed by atoms with van der Waals surface area (Å²) in [5, 5.41) is 9.23. The summed E-state index contributed by atoms with van der Waals surface area (Å²) in [7, 11) is 0. The van der Waals surface area contributed by atoms with Gasteiger partial charge in [-0.15, -0.1) is 0 Å². The van der Waals surface area contributed by atoms with E-state index in [1.54, 1.807) is 6.08 Å². The fourth-order valence-corrected chi connectivity index (χ4v) is 1.36. The van der Waals surface area contributed by atoms with E-state index < -0.39 is 6.29 Å². The Labute approximate surface area is 71.1 Å². The summed E-state index contributed by atoms with van der Waals surface area (Å²) in [5.74, 6) is 0.755. The molecule has 12 heavy (non-hydrogen) atoms. The van der Waals surface area contributed by atoms with Crippen LogP contribution in [-0.2, 0) is 0 Å². The summed E-state index contributed by atoms with van der Waals surface area (Å²) in [6.07, 6.45) is 0.905. The number of allylic oxidation sites excluding steroid dienone is 1. The maximum atomic E-state index is 9.23. The number of fused-ring (bicyclic) bond motifs is 1. The van der Waals surface area contributed by atoms with Crippen LogP contribution in [0.5, 0.6) is 5.75 Å². The Hall–Kier alpha value is -1.28. The van der Waals surface area contributed by atoms with Gasteiger partial charge in [-0.3, -0.25) is 0 Å². The topological polar surface area (TPSA) is 29.5 Å². The average Bonchev–Trinajstić information content (AvgIpc) is 2.04. The van der Waals surface area contributed by atoms with Crippen molar-refractivity contribution >= 4 is 5.57 Å². The Morgan fingerprint density at radius 3 is 2.92 bits per heavy atom. The van der Waals surface area contributed by atoms with Gasteiger partial charge in [0, 0.05) is 5.56 Å². The fourth-order valence-electron chi connectivity index (χ4n) is 1.36. The number of aliphatic hydroxyl groups is 1. The maximum Gasteiger partial charge on any atom is 0.217 e. The zero-order chi connectivity index (χ0) is 8.55. The number of para-hydroxylation sites is 1. The van der Waals surface area contributed by atoms with E-state index in [4.69, 9.17) is 4.74 Å². The van der Waals surface area contributed by atoms with E-state index in [2.05, 4.69) is 0 Å². The molecule has 0 spiro atoms. The van der Waals surface area contributed by atoms with Crippen LogP contribution in [0.2, 0.25) is 0 Å². The van der Waals surface area contributed by atoms with Crippen molar-refractivity contribution in [1.82, 2.24) is 0 Å². The molecule has 1 N–H and O–H groups in total. The molecule has 1 heterocycles. The van der Waals surface area contributed by atoms with Crippen molar-refractivity contribution in [3.05, 3.63) is 35.9 Å². The van der Waals surface area contributed by atoms with E-state index in [0.29, 0.717) is 0 Å². The average molecular weight is 162 g/mol. The van der Waals surface area contributed by atoms with Gasteiger partial charge < -0.3 is 9.84 Å². The van der Waals surface area contributed by atoms with Crippen LogP contribution in [-0.4, -0.2) is 11.4 Å². The van der Waals surface area contributed by atoms with Crippen LogP contribution < -0.4 is 4.74 Å². The van der Waals surface area contributed by atoms with E-state index >= 15 is 0 Å². The summed E-state index contributed by atoms with van der Waals surface area (Å²) in [4.78, 5) is 0. The van der Waals surface area contributed by atoms with Gasteiger partial charge in [0.2, 0.25) is 6.29 Å². The predicted molar refractivity (Wildman–Crippen MR) is 46.7 cm³/mol.